The summed E-state index contributed by atoms with van der Waals surface area (Å²) in [6, 6.07) is 17.5. The van der Waals surface area contributed by atoms with Gasteiger partial charge < -0.3 is 19.1 Å². The van der Waals surface area contributed by atoms with Crippen molar-refractivity contribution < 1.29 is 19.0 Å². The molecule has 1 aromatic heterocycles. The molecular weight excluding hydrogens is 490 g/mol. The lowest BCUT2D eigenvalue weighted by Crippen LogP contribution is -2.50. The van der Waals surface area contributed by atoms with Crippen molar-refractivity contribution in [2.45, 2.75) is 45.6 Å². The normalized spacial score (nSPS) is 23.0. The molecule has 0 radical (unpaired) electrons. The molecule has 2 atom stereocenters. The Labute approximate surface area is 229 Å². The van der Waals surface area contributed by atoms with Gasteiger partial charge in [0.15, 0.2) is 5.78 Å². The predicted molar refractivity (Wildman–Crippen MR) is 149 cm³/mol. The molecule has 3 aromatic rings. The van der Waals surface area contributed by atoms with Gasteiger partial charge in [0.2, 0.25) is 0 Å². The number of benzene rings is 2. The number of rotatable bonds is 6. The molecule has 0 saturated carbocycles. The third-order valence-electron chi connectivity index (χ3n) is 8.84. The number of carbonyl (C=O) groups excluding carboxylic acids is 1. The van der Waals surface area contributed by atoms with Crippen LogP contribution >= 0.6 is 0 Å². The maximum atomic E-state index is 12.2. The largest absolute Gasteiger partial charge is 0.488 e. The van der Waals surface area contributed by atoms with Gasteiger partial charge in [0.25, 0.3) is 0 Å². The van der Waals surface area contributed by atoms with E-state index in [0.717, 1.165) is 61.1 Å². The molecule has 3 saturated heterocycles. The minimum absolute atomic E-state index is 0.0174. The summed E-state index contributed by atoms with van der Waals surface area (Å²) in [5.74, 6) is 1.91. The van der Waals surface area contributed by atoms with Crippen LogP contribution < -0.4 is 9.64 Å². The summed E-state index contributed by atoms with van der Waals surface area (Å²) in [7, 11) is 0. The zero-order chi connectivity index (χ0) is 26.5. The molecule has 2 aromatic carbocycles. The molecule has 0 amide bonds. The monoisotopic (exact) mass is 525 g/mol. The maximum absolute atomic E-state index is 12.2. The second-order valence-electron chi connectivity index (χ2n) is 11.4. The van der Waals surface area contributed by atoms with Crippen LogP contribution in [0.15, 0.2) is 48.5 Å². The smallest absolute Gasteiger partial charge is 0.165 e. The van der Waals surface area contributed by atoms with Crippen LogP contribution in [0.3, 0.4) is 0 Å². The summed E-state index contributed by atoms with van der Waals surface area (Å²) in [6.45, 7) is 10.3. The van der Waals surface area contributed by atoms with E-state index in [1.165, 1.54) is 22.3 Å². The van der Waals surface area contributed by atoms with E-state index < -0.39 is 0 Å². The highest BCUT2D eigenvalue weighted by molar-refractivity contribution is 5.86. The first-order chi connectivity index (χ1) is 19.0. The summed E-state index contributed by atoms with van der Waals surface area (Å²) in [6.07, 6.45) is 1.05. The van der Waals surface area contributed by atoms with Gasteiger partial charge >= 0.3 is 0 Å². The van der Waals surface area contributed by atoms with E-state index in [-0.39, 0.29) is 24.4 Å². The van der Waals surface area contributed by atoms with Crippen molar-refractivity contribution in [1.29, 1.82) is 0 Å². The number of ketones is 1. The van der Waals surface area contributed by atoms with Gasteiger partial charge in [-0.15, -0.1) is 0 Å². The Bertz CT molecular complexity index is 1420. The quantitative estimate of drug-likeness (QED) is 0.480. The first-order valence-corrected chi connectivity index (χ1v) is 14.1. The Hall–Kier alpha value is -3.26. The van der Waals surface area contributed by atoms with Gasteiger partial charge in [-0.25, -0.2) is 4.98 Å². The summed E-state index contributed by atoms with van der Waals surface area (Å²) in [5.41, 5.74) is 8.40. The van der Waals surface area contributed by atoms with Gasteiger partial charge in [0.1, 0.15) is 24.8 Å². The number of fused-ring (bicyclic) bond motifs is 2. The minimum atomic E-state index is -0.0382. The van der Waals surface area contributed by atoms with E-state index in [1.807, 2.05) is 18.2 Å². The van der Waals surface area contributed by atoms with Crippen LogP contribution in [-0.2, 0) is 33.8 Å². The van der Waals surface area contributed by atoms with Crippen molar-refractivity contribution >= 4 is 11.6 Å². The van der Waals surface area contributed by atoms with Crippen LogP contribution in [0.25, 0.3) is 11.3 Å². The number of ether oxygens (including phenoxy) is 3. The first-order valence-electron chi connectivity index (χ1n) is 14.1. The summed E-state index contributed by atoms with van der Waals surface area (Å²) in [5, 5.41) is 0. The van der Waals surface area contributed by atoms with Crippen molar-refractivity contribution in [3.8, 4) is 17.0 Å². The number of anilines is 1. The second-order valence-corrected chi connectivity index (χ2v) is 11.4. The predicted octanol–water partition coefficient (Wildman–Crippen LogP) is 4.11. The molecule has 7 heteroatoms. The van der Waals surface area contributed by atoms with Crippen molar-refractivity contribution in [3.05, 3.63) is 76.3 Å². The highest BCUT2D eigenvalue weighted by Crippen LogP contribution is 2.36. The molecule has 5 heterocycles. The van der Waals surface area contributed by atoms with Gasteiger partial charge in [0.05, 0.1) is 37.0 Å². The van der Waals surface area contributed by atoms with Crippen LogP contribution in [0, 0.1) is 19.8 Å². The molecule has 0 spiro atoms. The number of aromatic nitrogens is 1. The SMILES string of the molecule is Cc1cc(COc2c(C)cccc2-c2cccc(N3C[C@@H]4OCC(=O)[C@H]4C3)n2)cc2c1CN(C1COC1)CC2. The Morgan fingerprint density at radius 2 is 1.92 bits per heavy atom. The number of pyridine rings is 1. The van der Waals surface area contributed by atoms with E-state index in [0.29, 0.717) is 25.7 Å². The van der Waals surface area contributed by atoms with E-state index in [4.69, 9.17) is 19.2 Å². The average Bonchev–Trinajstić information content (AvgIpc) is 3.49. The zero-order valence-electron chi connectivity index (χ0n) is 22.7. The van der Waals surface area contributed by atoms with Crippen molar-refractivity contribution in [1.82, 2.24) is 9.88 Å². The number of aryl methyl sites for hydroxylation is 2. The number of hydrogen-bond donors (Lipinski definition) is 0. The van der Waals surface area contributed by atoms with Gasteiger partial charge in [-0.1, -0.05) is 30.3 Å². The van der Waals surface area contributed by atoms with Crippen LogP contribution in [0.1, 0.15) is 27.8 Å². The molecular formula is C32H35N3O4. The van der Waals surface area contributed by atoms with Crippen LogP contribution in [0.5, 0.6) is 5.75 Å². The molecule has 0 aliphatic carbocycles. The molecule has 0 bridgehead atoms. The fraction of sp³-hybridized carbons (Fsp3) is 0.438. The number of hydrogen-bond acceptors (Lipinski definition) is 7. The van der Waals surface area contributed by atoms with E-state index in [9.17, 15) is 4.79 Å². The lowest BCUT2D eigenvalue weighted by molar-refractivity contribution is -0.120. The van der Waals surface area contributed by atoms with Crippen molar-refractivity contribution in [2.24, 2.45) is 5.92 Å². The Morgan fingerprint density at radius 3 is 2.74 bits per heavy atom. The third kappa shape index (κ3) is 4.62. The van der Waals surface area contributed by atoms with Gasteiger partial charge in [-0.05, 0) is 66.3 Å². The van der Waals surface area contributed by atoms with Crippen molar-refractivity contribution in [2.75, 3.05) is 44.4 Å². The van der Waals surface area contributed by atoms with Gasteiger partial charge in [-0.2, -0.15) is 0 Å². The summed E-state index contributed by atoms with van der Waals surface area (Å²) in [4.78, 5) is 21.9. The molecule has 202 valence electrons. The number of carbonyl (C=O) groups is 1. The first kappa shape index (κ1) is 24.8. The second kappa shape index (κ2) is 10.0. The Morgan fingerprint density at radius 1 is 1.05 bits per heavy atom. The zero-order valence-corrected chi connectivity index (χ0v) is 22.7. The van der Waals surface area contributed by atoms with E-state index in [1.54, 1.807) is 0 Å². The fourth-order valence-electron chi connectivity index (χ4n) is 6.48. The molecule has 0 N–H and O–H groups in total. The summed E-state index contributed by atoms with van der Waals surface area (Å²) < 4.78 is 17.6. The molecule has 0 unspecified atom stereocenters. The van der Waals surface area contributed by atoms with Gasteiger partial charge in [-0.3, -0.25) is 9.69 Å². The molecule has 3 fully saturated rings. The lowest BCUT2D eigenvalue weighted by atomic mass is 9.92. The summed E-state index contributed by atoms with van der Waals surface area (Å²) >= 11 is 0. The molecule has 4 aliphatic rings. The minimum Gasteiger partial charge on any atom is -0.488 e. The van der Waals surface area contributed by atoms with E-state index >= 15 is 0 Å². The Kier molecular flexibility index (Phi) is 6.38. The van der Waals surface area contributed by atoms with E-state index in [2.05, 4.69) is 54.0 Å². The number of nitrogens with zero attached hydrogens (tertiary/aromatic N) is 3. The highest BCUT2D eigenvalue weighted by atomic mass is 16.5. The van der Waals surface area contributed by atoms with Crippen LogP contribution in [0.2, 0.25) is 0 Å². The van der Waals surface area contributed by atoms with Crippen LogP contribution in [-0.4, -0.2) is 67.3 Å². The molecule has 7 rings (SSSR count). The van der Waals surface area contributed by atoms with Crippen molar-refractivity contribution in [3.63, 3.8) is 0 Å². The average molecular weight is 526 g/mol. The van der Waals surface area contributed by atoms with Crippen LogP contribution in [0.4, 0.5) is 5.82 Å². The molecule has 39 heavy (non-hydrogen) atoms. The Balaban J connectivity index is 1.10. The third-order valence-corrected chi connectivity index (χ3v) is 8.84. The molecule has 7 nitrogen and oxygen atoms in total. The molecule has 4 aliphatic heterocycles. The van der Waals surface area contributed by atoms with Gasteiger partial charge in [0, 0.05) is 31.7 Å². The number of Topliss-reactive ketones (excluding diaryl/α,β-unsaturated/α-hetero) is 1. The maximum Gasteiger partial charge on any atom is 0.165 e. The topological polar surface area (TPSA) is 64.1 Å². The standard InChI is InChI=1S/C32H35N3O4/c1-20-5-3-6-25(28-7-4-8-31(33-28)35-14-27-29(36)19-38-30(27)15-35)32(20)39-16-22-11-21(2)26-13-34(24-17-37-18-24)10-9-23(26)12-22/h3-8,11-12,24,27,30H,9-10,13-19H2,1-2H3/t27-,30+/m1/s1. The lowest BCUT2D eigenvalue weighted by Gasteiger charge is -2.40. The fourth-order valence-corrected chi connectivity index (χ4v) is 6.48. The highest BCUT2D eigenvalue weighted by Gasteiger charge is 2.43. The number of para-hydroxylation sites is 1.